The topological polar surface area (TPSA) is 68.8 Å². The van der Waals surface area contributed by atoms with Gasteiger partial charge in [0.25, 0.3) is 0 Å². The summed E-state index contributed by atoms with van der Waals surface area (Å²) in [7, 11) is 1.75. The molecule has 1 aromatic rings. The van der Waals surface area contributed by atoms with Gasteiger partial charge in [0, 0.05) is 42.4 Å². The Labute approximate surface area is 170 Å². The highest BCUT2D eigenvalue weighted by atomic mass is 79.9. The molecule has 1 heterocycles. The molecule has 0 radical (unpaired) electrons. The minimum atomic E-state index is 0.0489. The van der Waals surface area contributed by atoms with Crippen LogP contribution in [0.4, 0.5) is 5.69 Å². The van der Waals surface area contributed by atoms with Gasteiger partial charge in [-0.05, 0) is 43.5 Å². The standard InChI is InChI=1S/C20H30BrN5O/c1-22-20(23-13-19(27)24-16-5-3-2-4-6-16)25-17-11-12-26(14-17)18-9-7-15(21)8-10-18/h7-10,16-17H,2-6,11-14H2,1H3,(H,24,27)(H2,22,23,25). The zero-order chi connectivity index (χ0) is 19.1. The Morgan fingerprint density at radius 3 is 2.56 bits per heavy atom. The van der Waals surface area contributed by atoms with E-state index in [4.69, 9.17) is 0 Å². The summed E-state index contributed by atoms with van der Waals surface area (Å²) in [6.07, 6.45) is 6.99. The molecule has 0 aromatic heterocycles. The van der Waals surface area contributed by atoms with Crippen LogP contribution in [0.2, 0.25) is 0 Å². The Kier molecular flexibility index (Phi) is 7.38. The molecule has 27 heavy (non-hydrogen) atoms. The molecule has 2 fully saturated rings. The molecule has 7 heteroatoms. The number of rotatable bonds is 5. The lowest BCUT2D eigenvalue weighted by Gasteiger charge is -2.23. The summed E-state index contributed by atoms with van der Waals surface area (Å²) in [4.78, 5) is 18.8. The SMILES string of the molecule is CN=C(NCC(=O)NC1CCCCC1)NC1CCN(c2ccc(Br)cc2)C1. The van der Waals surface area contributed by atoms with Gasteiger partial charge in [-0.15, -0.1) is 0 Å². The molecule has 1 aromatic carbocycles. The summed E-state index contributed by atoms with van der Waals surface area (Å²) in [6, 6.07) is 9.08. The number of guanidine groups is 1. The van der Waals surface area contributed by atoms with Crippen molar-refractivity contribution in [2.45, 2.75) is 50.6 Å². The zero-order valence-electron chi connectivity index (χ0n) is 16.0. The second-order valence-corrected chi connectivity index (χ2v) is 8.30. The number of carbonyl (C=O) groups is 1. The second kappa shape index (κ2) is 9.97. The van der Waals surface area contributed by atoms with Crippen molar-refractivity contribution in [3.8, 4) is 0 Å². The Morgan fingerprint density at radius 1 is 1.11 bits per heavy atom. The molecule has 1 saturated heterocycles. The van der Waals surface area contributed by atoms with Crippen LogP contribution >= 0.6 is 15.9 Å². The molecule has 0 spiro atoms. The van der Waals surface area contributed by atoms with Crippen molar-refractivity contribution in [3.05, 3.63) is 28.7 Å². The summed E-state index contributed by atoms with van der Waals surface area (Å²) in [5.74, 6) is 0.740. The summed E-state index contributed by atoms with van der Waals surface area (Å²) in [5, 5.41) is 9.72. The van der Waals surface area contributed by atoms with Gasteiger partial charge in [-0.2, -0.15) is 0 Å². The predicted molar refractivity (Wildman–Crippen MR) is 114 cm³/mol. The molecule has 0 bridgehead atoms. The van der Waals surface area contributed by atoms with Crippen LogP contribution < -0.4 is 20.9 Å². The van der Waals surface area contributed by atoms with Crippen molar-refractivity contribution in [2.75, 3.05) is 31.6 Å². The van der Waals surface area contributed by atoms with E-state index in [-0.39, 0.29) is 12.5 Å². The maximum Gasteiger partial charge on any atom is 0.239 e. The third-order valence-electron chi connectivity index (χ3n) is 5.33. The normalized spacial score (nSPS) is 21.2. The highest BCUT2D eigenvalue weighted by molar-refractivity contribution is 9.10. The summed E-state index contributed by atoms with van der Waals surface area (Å²) >= 11 is 3.48. The van der Waals surface area contributed by atoms with Crippen LogP contribution in [0, 0.1) is 0 Å². The van der Waals surface area contributed by atoms with Gasteiger partial charge in [-0.1, -0.05) is 35.2 Å². The number of benzene rings is 1. The lowest BCUT2D eigenvalue weighted by atomic mass is 9.95. The van der Waals surface area contributed by atoms with Crippen molar-refractivity contribution in [1.29, 1.82) is 0 Å². The van der Waals surface area contributed by atoms with Gasteiger partial charge in [0.1, 0.15) is 0 Å². The first-order valence-electron chi connectivity index (χ1n) is 9.91. The van der Waals surface area contributed by atoms with Gasteiger partial charge >= 0.3 is 0 Å². The first kappa shape index (κ1) is 20.0. The number of carbonyl (C=O) groups excluding carboxylic acids is 1. The maximum absolute atomic E-state index is 12.2. The minimum absolute atomic E-state index is 0.0489. The van der Waals surface area contributed by atoms with Gasteiger partial charge < -0.3 is 20.9 Å². The Balaban J connectivity index is 1.41. The maximum atomic E-state index is 12.2. The summed E-state index contributed by atoms with van der Waals surface area (Å²) in [5.41, 5.74) is 1.23. The Bertz CT molecular complexity index is 642. The van der Waals surface area contributed by atoms with E-state index >= 15 is 0 Å². The minimum Gasteiger partial charge on any atom is -0.369 e. The molecule has 1 unspecified atom stereocenters. The molecular formula is C20H30BrN5O. The number of halogens is 1. The van der Waals surface area contributed by atoms with Crippen molar-refractivity contribution >= 4 is 33.5 Å². The molecule has 1 aliphatic carbocycles. The fourth-order valence-electron chi connectivity index (χ4n) is 3.84. The lowest BCUT2D eigenvalue weighted by molar-refractivity contribution is -0.120. The summed E-state index contributed by atoms with van der Waals surface area (Å²) < 4.78 is 1.09. The van der Waals surface area contributed by atoms with Crippen molar-refractivity contribution in [2.24, 2.45) is 4.99 Å². The third-order valence-corrected chi connectivity index (χ3v) is 5.86. The molecule has 1 atom stereocenters. The largest absolute Gasteiger partial charge is 0.369 e. The van der Waals surface area contributed by atoms with Crippen molar-refractivity contribution in [3.63, 3.8) is 0 Å². The first-order chi connectivity index (χ1) is 13.1. The monoisotopic (exact) mass is 435 g/mol. The number of hydrogen-bond donors (Lipinski definition) is 3. The molecule has 1 amide bonds. The molecule has 6 nitrogen and oxygen atoms in total. The third kappa shape index (κ3) is 6.13. The highest BCUT2D eigenvalue weighted by Crippen LogP contribution is 2.22. The van der Waals surface area contributed by atoms with Gasteiger partial charge in [0.2, 0.25) is 5.91 Å². The van der Waals surface area contributed by atoms with Crippen LogP contribution in [0.3, 0.4) is 0 Å². The number of nitrogens with one attached hydrogen (secondary N) is 3. The molecule has 148 valence electrons. The molecule has 1 aliphatic heterocycles. The quantitative estimate of drug-likeness (QED) is 0.491. The van der Waals surface area contributed by atoms with E-state index in [9.17, 15) is 4.79 Å². The van der Waals surface area contributed by atoms with E-state index in [2.05, 4.69) is 66.0 Å². The van der Waals surface area contributed by atoms with E-state index in [0.29, 0.717) is 18.0 Å². The van der Waals surface area contributed by atoms with Crippen molar-refractivity contribution in [1.82, 2.24) is 16.0 Å². The van der Waals surface area contributed by atoms with Gasteiger partial charge in [0.15, 0.2) is 5.96 Å². The number of anilines is 1. The van der Waals surface area contributed by atoms with E-state index in [0.717, 1.165) is 36.8 Å². The van der Waals surface area contributed by atoms with E-state index in [1.807, 2.05) is 0 Å². The predicted octanol–water partition coefficient (Wildman–Crippen LogP) is 2.64. The fourth-order valence-corrected chi connectivity index (χ4v) is 4.11. The fraction of sp³-hybridized carbons (Fsp3) is 0.600. The van der Waals surface area contributed by atoms with Gasteiger partial charge in [-0.3, -0.25) is 9.79 Å². The van der Waals surface area contributed by atoms with Crippen LogP contribution in [0.1, 0.15) is 38.5 Å². The number of hydrogen-bond acceptors (Lipinski definition) is 3. The number of amides is 1. The first-order valence-corrected chi connectivity index (χ1v) is 10.7. The average Bonchev–Trinajstić information content (AvgIpc) is 3.15. The van der Waals surface area contributed by atoms with Crippen molar-refractivity contribution < 1.29 is 4.79 Å². The molecule has 1 saturated carbocycles. The molecule has 2 aliphatic rings. The lowest BCUT2D eigenvalue weighted by Crippen LogP contribution is -2.49. The van der Waals surface area contributed by atoms with Crippen LogP contribution in [-0.2, 0) is 4.79 Å². The van der Waals surface area contributed by atoms with E-state index in [1.54, 1.807) is 7.05 Å². The van der Waals surface area contributed by atoms with E-state index < -0.39 is 0 Å². The van der Waals surface area contributed by atoms with Crippen LogP contribution in [0.15, 0.2) is 33.7 Å². The molecule has 3 N–H and O–H groups in total. The van der Waals surface area contributed by atoms with Crippen LogP contribution in [0.25, 0.3) is 0 Å². The van der Waals surface area contributed by atoms with Crippen LogP contribution in [0.5, 0.6) is 0 Å². The highest BCUT2D eigenvalue weighted by Gasteiger charge is 2.23. The van der Waals surface area contributed by atoms with Crippen LogP contribution in [-0.4, -0.2) is 50.6 Å². The van der Waals surface area contributed by atoms with Gasteiger partial charge in [0.05, 0.1) is 6.54 Å². The van der Waals surface area contributed by atoms with E-state index in [1.165, 1.54) is 24.9 Å². The number of aliphatic imine (C=N–C) groups is 1. The van der Waals surface area contributed by atoms with Gasteiger partial charge in [-0.25, -0.2) is 0 Å². The second-order valence-electron chi connectivity index (χ2n) is 7.38. The Morgan fingerprint density at radius 2 is 1.85 bits per heavy atom. The molecule has 3 rings (SSSR count). The average molecular weight is 436 g/mol. The Hall–Kier alpha value is -1.76. The zero-order valence-corrected chi connectivity index (χ0v) is 17.6. The summed E-state index contributed by atoms with van der Waals surface area (Å²) in [6.45, 7) is 2.20. The smallest absolute Gasteiger partial charge is 0.239 e. The number of nitrogens with zero attached hydrogens (tertiary/aromatic N) is 2. The molecular weight excluding hydrogens is 406 g/mol.